The molecule has 0 atom stereocenters. The van der Waals surface area contributed by atoms with E-state index < -0.39 is 0 Å². The van der Waals surface area contributed by atoms with Crippen LogP contribution in [-0.4, -0.2) is 11.5 Å². The van der Waals surface area contributed by atoms with Gasteiger partial charge in [0.2, 0.25) is 0 Å². The molecule has 0 amide bonds. The molecule has 2 nitrogen and oxygen atoms in total. The largest absolute Gasteiger partial charge is 0.389 e. The molecule has 1 rings (SSSR count). The van der Waals surface area contributed by atoms with Gasteiger partial charge in [-0.2, -0.15) is 0 Å². The third-order valence-electron chi connectivity index (χ3n) is 2.96. The summed E-state index contributed by atoms with van der Waals surface area (Å²) in [5, 5.41) is 3.43. The van der Waals surface area contributed by atoms with Crippen LogP contribution in [0.2, 0.25) is 0 Å². The van der Waals surface area contributed by atoms with E-state index in [-0.39, 0.29) is 5.41 Å². The maximum atomic E-state index is 5.71. The van der Waals surface area contributed by atoms with Crippen molar-refractivity contribution in [3.05, 3.63) is 28.2 Å². The molecule has 0 aromatic heterocycles. The molecule has 94 valence electrons. The summed E-state index contributed by atoms with van der Waals surface area (Å²) in [4.78, 5) is 0.425. The Morgan fingerprint density at radius 2 is 2.12 bits per heavy atom. The van der Waals surface area contributed by atoms with Crippen molar-refractivity contribution >= 4 is 38.8 Å². The minimum atomic E-state index is 0.260. The topological polar surface area (TPSA) is 38.0 Å². The zero-order valence-corrected chi connectivity index (χ0v) is 12.9. The third kappa shape index (κ3) is 4.28. The van der Waals surface area contributed by atoms with Gasteiger partial charge in [0.15, 0.2) is 0 Å². The molecule has 0 aliphatic carbocycles. The highest BCUT2D eigenvalue weighted by atomic mass is 79.9. The number of thiocarbonyl (C=S) groups is 1. The summed E-state index contributed by atoms with van der Waals surface area (Å²) < 4.78 is 1.02. The van der Waals surface area contributed by atoms with Crippen molar-refractivity contribution in [2.24, 2.45) is 11.1 Å². The van der Waals surface area contributed by atoms with Crippen molar-refractivity contribution < 1.29 is 0 Å². The fraction of sp³-hybridized carbons (Fsp3) is 0.462. The van der Waals surface area contributed by atoms with Crippen LogP contribution in [0.4, 0.5) is 5.69 Å². The third-order valence-corrected chi connectivity index (χ3v) is 3.67. The smallest absolute Gasteiger partial charge is 0.106 e. The van der Waals surface area contributed by atoms with Crippen molar-refractivity contribution in [3.63, 3.8) is 0 Å². The van der Waals surface area contributed by atoms with Crippen LogP contribution >= 0.6 is 28.1 Å². The Bertz CT molecular complexity index is 416. The highest BCUT2D eigenvalue weighted by Crippen LogP contribution is 2.25. The Balaban J connectivity index is 2.89. The molecule has 0 saturated heterocycles. The summed E-state index contributed by atoms with van der Waals surface area (Å²) in [7, 11) is 0. The number of rotatable bonds is 5. The number of nitrogens with one attached hydrogen (secondary N) is 1. The van der Waals surface area contributed by atoms with E-state index in [4.69, 9.17) is 18.0 Å². The first-order valence-corrected chi connectivity index (χ1v) is 6.89. The predicted octanol–water partition coefficient (Wildman–Crippen LogP) is 3.93. The Morgan fingerprint density at radius 3 is 2.65 bits per heavy atom. The molecule has 0 spiro atoms. The Hall–Kier alpha value is -0.610. The summed E-state index contributed by atoms with van der Waals surface area (Å²) >= 11 is 8.51. The van der Waals surface area contributed by atoms with Crippen molar-refractivity contribution in [3.8, 4) is 0 Å². The van der Waals surface area contributed by atoms with Gasteiger partial charge in [-0.25, -0.2) is 0 Å². The molecule has 1 aromatic rings. The van der Waals surface area contributed by atoms with Gasteiger partial charge in [-0.15, -0.1) is 0 Å². The first-order chi connectivity index (χ1) is 7.85. The van der Waals surface area contributed by atoms with E-state index in [1.165, 1.54) is 0 Å². The monoisotopic (exact) mass is 314 g/mol. The van der Waals surface area contributed by atoms with Crippen LogP contribution < -0.4 is 11.1 Å². The van der Waals surface area contributed by atoms with Gasteiger partial charge in [-0.05, 0) is 30.0 Å². The van der Waals surface area contributed by atoms with Gasteiger partial charge in [0.05, 0.1) is 0 Å². The van der Waals surface area contributed by atoms with Crippen LogP contribution in [0, 0.1) is 5.41 Å². The number of nitrogens with two attached hydrogens (primary N) is 1. The lowest BCUT2D eigenvalue weighted by molar-refractivity contribution is 0.377. The molecular formula is C13H19BrN2S. The number of anilines is 1. The molecule has 0 bridgehead atoms. The lowest BCUT2D eigenvalue weighted by Crippen LogP contribution is -2.23. The SMILES string of the molecule is CCC(C)(C)CNc1cc(Br)ccc1C(N)=S. The van der Waals surface area contributed by atoms with Crippen LogP contribution in [0.5, 0.6) is 0 Å². The van der Waals surface area contributed by atoms with Crippen molar-refractivity contribution in [2.75, 3.05) is 11.9 Å². The Kier molecular flexibility index (Phi) is 4.95. The maximum Gasteiger partial charge on any atom is 0.106 e. The van der Waals surface area contributed by atoms with Crippen molar-refractivity contribution in [1.82, 2.24) is 0 Å². The molecule has 4 heteroatoms. The average molecular weight is 315 g/mol. The lowest BCUT2D eigenvalue weighted by atomic mass is 9.90. The van der Waals surface area contributed by atoms with E-state index in [2.05, 4.69) is 42.0 Å². The molecule has 0 aliphatic heterocycles. The summed E-state index contributed by atoms with van der Waals surface area (Å²) in [5.74, 6) is 0. The van der Waals surface area contributed by atoms with E-state index in [0.717, 1.165) is 28.7 Å². The van der Waals surface area contributed by atoms with Gasteiger partial charge in [0, 0.05) is 22.3 Å². The number of hydrogen-bond acceptors (Lipinski definition) is 2. The van der Waals surface area contributed by atoms with Gasteiger partial charge in [-0.3, -0.25) is 0 Å². The van der Waals surface area contributed by atoms with Crippen molar-refractivity contribution in [2.45, 2.75) is 27.2 Å². The zero-order chi connectivity index (χ0) is 13.1. The van der Waals surface area contributed by atoms with Gasteiger partial charge in [0.1, 0.15) is 4.99 Å². The normalized spacial score (nSPS) is 11.3. The number of halogens is 1. The Morgan fingerprint density at radius 1 is 1.47 bits per heavy atom. The second-order valence-corrected chi connectivity index (χ2v) is 6.28. The summed E-state index contributed by atoms with van der Waals surface area (Å²) in [6, 6.07) is 5.90. The van der Waals surface area contributed by atoms with Gasteiger partial charge >= 0.3 is 0 Å². The van der Waals surface area contributed by atoms with E-state index in [9.17, 15) is 0 Å². The van der Waals surface area contributed by atoms with Crippen LogP contribution in [-0.2, 0) is 0 Å². The molecule has 0 aliphatic rings. The summed E-state index contributed by atoms with van der Waals surface area (Å²) in [6.45, 7) is 7.56. The minimum absolute atomic E-state index is 0.260. The second-order valence-electron chi connectivity index (χ2n) is 4.93. The van der Waals surface area contributed by atoms with Crippen LogP contribution in [0.1, 0.15) is 32.8 Å². The van der Waals surface area contributed by atoms with Crippen molar-refractivity contribution in [1.29, 1.82) is 0 Å². The summed E-state index contributed by atoms with van der Waals surface area (Å²) in [6.07, 6.45) is 1.12. The number of hydrogen-bond donors (Lipinski definition) is 2. The highest BCUT2D eigenvalue weighted by Gasteiger charge is 2.15. The summed E-state index contributed by atoms with van der Waals surface area (Å²) in [5.41, 5.74) is 7.86. The highest BCUT2D eigenvalue weighted by molar-refractivity contribution is 9.10. The molecule has 3 N–H and O–H groups in total. The van der Waals surface area contributed by atoms with Gasteiger partial charge < -0.3 is 11.1 Å². The molecule has 0 heterocycles. The van der Waals surface area contributed by atoms with Crippen LogP contribution in [0.3, 0.4) is 0 Å². The fourth-order valence-corrected chi connectivity index (χ4v) is 1.88. The maximum absolute atomic E-state index is 5.71. The van der Waals surface area contributed by atoms with E-state index >= 15 is 0 Å². The van der Waals surface area contributed by atoms with Gasteiger partial charge in [0.25, 0.3) is 0 Å². The van der Waals surface area contributed by atoms with E-state index in [1.807, 2.05) is 18.2 Å². The zero-order valence-electron chi connectivity index (χ0n) is 10.5. The van der Waals surface area contributed by atoms with Crippen LogP contribution in [0.15, 0.2) is 22.7 Å². The molecule has 17 heavy (non-hydrogen) atoms. The molecule has 1 aromatic carbocycles. The number of benzene rings is 1. The van der Waals surface area contributed by atoms with E-state index in [0.29, 0.717) is 4.99 Å². The standard InChI is InChI=1S/C13H19BrN2S/c1-4-13(2,3)8-16-11-7-9(14)5-6-10(11)12(15)17/h5-7,16H,4,8H2,1-3H3,(H2,15,17). The molecule has 0 saturated carbocycles. The lowest BCUT2D eigenvalue weighted by Gasteiger charge is -2.24. The predicted molar refractivity (Wildman–Crippen MR) is 82.6 cm³/mol. The minimum Gasteiger partial charge on any atom is -0.389 e. The molecule has 0 unspecified atom stereocenters. The first-order valence-electron chi connectivity index (χ1n) is 5.69. The Labute approximate surface area is 117 Å². The van der Waals surface area contributed by atoms with Gasteiger partial charge in [-0.1, -0.05) is 48.9 Å². The second kappa shape index (κ2) is 5.83. The van der Waals surface area contributed by atoms with E-state index in [1.54, 1.807) is 0 Å². The fourth-order valence-electron chi connectivity index (χ4n) is 1.34. The van der Waals surface area contributed by atoms with Crippen LogP contribution in [0.25, 0.3) is 0 Å². The quantitative estimate of drug-likeness (QED) is 0.809. The molecule has 0 radical (unpaired) electrons. The molecular weight excluding hydrogens is 296 g/mol. The average Bonchev–Trinajstić information content (AvgIpc) is 2.26. The molecule has 0 fully saturated rings. The first kappa shape index (κ1) is 14.5.